The zero-order chi connectivity index (χ0) is 21.9. The predicted molar refractivity (Wildman–Crippen MR) is 119 cm³/mol. The molecule has 5 rings (SSSR count). The molecule has 0 aliphatic carbocycles. The minimum absolute atomic E-state index is 0.232. The molecule has 3 aliphatic rings. The molecule has 2 aromatic rings. The van der Waals surface area contributed by atoms with Crippen molar-refractivity contribution < 1.29 is 9.59 Å². The van der Waals surface area contributed by atoms with Gasteiger partial charge in [0.15, 0.2) is 12.2 Å². The van der Waals surface area contributed by atoms with E-state index in [4.69, 9.17) is 4.99 Å². The number of hydrogen-bond donors (Lipinski definition) is 0. The van der Waals surface area contributed by atoms with E-state index in [0.717, 1.165) is 11.3 Å². The lowest BCUT2D eigenvalue weighted by Crippen LogP contribution is -2.63. The lowest BCUT2D eigenvalue weighted by atomic mass is 10.0. The minimum atomic E-state index is -0.551. The number of nitrogens with zero attached hydrogens (tertiary/aromatic N) is 5. The van der Waals surface area contributed by atoms with E-state index in [1.807, 2.05) is 29.3 Å². The van der Waals surface area contributed by atoms with Crippen molar-refractivity contribution in [2.75, 3.05) is 14.1 Å². The molecular formula is C24H25N5O2. The summed E-state index contributed by atoms with van der Waals surface area (Å²) in [5, 5.41) is 0. The molecule has 0 aromatic heterocycles. The first kappa shape index (κ1) is 19.4. The second kappa shape index (κ2) is 6.97. The fourth-order valence-electron chi connectivity index (χ4n) is 4.50. The molecule has 158 valence electrons. The SMILES string of the molecule is Cc1ccc(C)c(CN2C(c3ccccc3)=CN3C2=NC2C3C(=O)N(C)C(=O)N2C)c1. The third kappa shape index (κ3) is 2.91. The van der Waals surface area contributed by atoms with Gasteiger partial charge >= 0.3 is 6.03 Å². The summed E-state index contributed by atoms with van der Waals surface area (Å²) in [6.45, 7) is 4.82. The number of amides is 3. The van der Waals surface area contributed by atoms with E-state index in [1.54, 1.807) is 11.9 Å². The van der Waals surface area contributed by atoms with Crippen molar-refractivity contribution in [2.24, 2.45) is 4.99 Å². The number of urea groups is 1. The summed E-state index contributed by atoms with van der Waals surface area (Å²) in [6, 6.07) is 15.7. The van der Waals surface area contributed by atoms with E-state index in [1.165, 1.54) is 28.6 Å². The van der Waals surface area contributed by atoms with E-state index in [-0.39, 0.29) is 11.9 Å². The van der Waals surface area contributed by atoms with Crippen molar-refractivity contribution in [3.8, 4) is 0 Å². The van der Waals surface area contributed by atoms with Crippen LogP contribution in [0.15, 0.2) is 59.7 Å². The van der Waals surface area contributed by atoms with Gasteiger partial charge in [0.2, 0.25) is 5.96 Å². The van der Waals surface area contributed by atoms with Crippen LogP contribution in [-0.2, 0) is 11.3 Å². The Morgan fingerprint density at radius 3 is 2.48 bits per heavy atom. The summed E-state index contributed by atoms with van der Waals surface area (Å²) in [7, 11) is 3.23. The zero-order valence-corrected chi connectivity index (χ0v) is 18.1. The molecule has 3 amide bonds. The highest BCUT2D eigenvalue weighted by molar-refractivity contribution is 6.06. The summed E-state index contributed by atoms with van der Waals surface area (Å²) >= 11 is 0. The summed E-state index contributed by atoms with van der Waals surface area (Å²) < 4.78 is 0. The van der Waals surface area contributed by atoms with Crippen LogP contribution in [0.2, 0.25) is 0 Å². The van der Waals surface area contributed by atoms with Gasteiger partial charge in [-0.3, -0.25) is 9.69 Å². The second-order valence-electron chi connectivity index (χ2n) is 8.38. The van der Waals surface area contributed by atoms with Crippen molar-refractivity contribution in [1.82, 2.24) is 19.6 Å². The molecule has 0 spiro atoms. The predicted octanol–water partition coefficient (Wildman–Crippen LogP) is 3.01. The number of aliphatic imine (C=N–C) groups is 1. The van der Waals surface area contributed by atoms with Gasteiger partial charge in [-0.15, -0.1) is 0 Å². The largest absolute Gasteiger partial charge is 0.328 e. The fraction of sp³-hybridized carbons (Fsp3) is 0.292. The molecule has 3 aliphatic heterocycles. The molecule has 2 atom stereocenters. The van der Waals surface area contributed by atoms with E-state index in [0.29, 0.717) is 12.5 Å². The maximum absolute atomic E-state index is 13.0. The first-order chi connectivity index (χ1) is 14.9. The van der Waals surface area contributed by atoms with Crippen LogP contribution in [0.4, 0.5) is 4.79 Å². The Balaban J connectivity index is 1.60. The number of benzene rings is 2. The van der Waals surface area contributed by atoms with Crippen LogP contribution in [0.3, 0.4) is 0 Å². The standard InChI is InChI=1S/C24H25N5O2/c1-15-10-11-16(2)18(12-15)13-28-19(17-8-6-5-7-9-17)14-29-20-21(25-23(28)29)26(3)24(31)27(4)22(20)30/h5-12,14,20-21H,13H2,1-4H3. The molecule has 0 saturated carbocycles. The van der Waals surface area contributed by atoms with E-state index >= 15 is 0 Å². The molecular weight excluding hydrogens is 390 g/mol. The van der Waals surface area contributed by atoms with Gasteiger partial charge in [0.1, 0.15) is 0 Å². The molecule has 7 nitrogen and oxygen atoms in total. The highest BCUT2D eigenvalue weighted by Gasteiger charge is 2.53. The van der Waals surface area contributed by atoms with Crippen molar-refractivity contribution in [3.05, 3.63) is 77.0 Å². The van der Waals surface area contributed by atoms with Crippen LogP contribution in [0.1, 0.15) is 22.3 Å². The summed E-state index contributed by atoms with van der Waals surface area (Å²) in [6.07, 6.45) is 1.47. The minimum Gasteiger partial charge on any atom is -0.306 e. The molecule has 3 heterocycles. The molecule has 0 N–H and O–H groups in total. The number of guanidine groups is 1. The average molecular weight is 415 g/mol. The van der Waals surface area contributed by atoms with Gasteiger partial charge in [-0.2, -0.15) is 0 Å². The van der Waals surface area contributed by atoms with Gasteiger partial charge < -0.3 is 14.7 Å². The molecule has 1 fully saturated rings. The van der Waals surface area contributed by atoms with E-state index < -0.39 is 12.2 Å². The molecule has 31 heavy (non-hydrogen) atoms. The maximum atomic E-state index is 13.0. The summed E-state index contributed by atoms with van der Waals surface area (Å²) in [5.41, 5.74) is 5.66. The Labute approximate surface area is 181 Å². The van der Waals surface area contributed by atoms with Crippen LogP contribution >= 0.6 is 0 Å². The van der Waals surface area contributed by atoms with Gasteiger partial charge in [0, 0.05) is 20.3 Å². The van der Waals surface area contributed by atoms with Gasteiger partial charge in [-0.1, -0.05) is 54.1 Å². The highest BCUT2D eigenvalue weighted by Crippen LogP contribution is 2.38. The van der Waals surface area contributed by atoms with E-state index in [2.05, 4.69) is 49.1 Å². The first-order valence-electron chi connectivity index (χ1n) is 10.4. The maximum Gasteiger partial charge on any atom is 0.328 e. The smallest absolute Gasteiger partial charge is 0.306 e. The number of aryl methyl sites for hydroxylation is 2. The number of rotatable bonds is 3. The third-order valence-corrected chi connectivity index (χ3v) is 6.33. The summed E-state index contributed by atoms with van der Waals surface area (Å²) in [4.78, 5) is 37.2. The normalized spacial score (nSPS) is 22.6. The number of carbonyl (C=O) groups is 2. The molecule has 0 radical (unpaired) electrons. The van der Waals surface area contributed by atoms with Crippen LogP contribution < -0.4 is 0 Å². The number of carbonyl (C=O) groups excluding carboxylic acids is 2. The Kier molecular flexibility index (Phi) is 4.36. The quantitative estimate of drug-likeness (QED) is 0.773. The van der Waals surface area contributed by atoms with Crippen LogP contribution in [-0.4, -0.2) is 63.8 Å². The van der Waals surface area contributed by atoms with Gasteiger partial charge in [0.05, 0.1) is 12.2 Å². The van der Waals surface area contributed by atoms with Gasteiger partial charge in [-0.05, 0) is 30.5 Å². The molecule has 1 saturated heterocycles. The lowest BCUT2D eigenvalue weighted by Gasteiger charge is -2.38. The lowest BCUT2D eigenvalue weighted by molar-refractivity contribution is -0.135. The Hall–Kier alpha value is -3.61. The summed E-state index contributed by atoms with van der Waals surface area (Å²) in [5.74, 6) is 0.474. The average Bonchev–Trinajstić information content (AvgIpc) is 3.31. The van der Waals surface area contributed by atoms with Crippen LogP contribution in [0.25, 0.3) is 5.70 Å². The molecule has 2 unspecified atom stereocenters. The van der Waals surface area contributed by atoms with Crippen molar-refractivity contribution in [2.45, 2.75) is 32.6 Å². The number of hydrogen-bond acceptors (Lipinski definition) is 5. The first-order valence-corrected chi connectivity index (χ1v) is 10.4. The van der Waals surface area contributed by atoms with E-state index in [9.17, 15) is 9.59 Å². The number of imide groups is 1. The number of fused-ring (bicyclic) bond motifs is 3. The van der Waals surface area contributed by atoms with Crippen molar-refractivity contribution in [1.29, 1.82) is 0 Å². The van der Waals surface area contributed by atoms with Gasteiger partial charge in [0.25, 0.3) is 5.91 Å². The Morgan fingerprint density at radius 1 is 1.00 bits per heavy atom. The third-order valence-electron chi connectivity index (χ3n) is 6.33. The Morgan fingerprint density at radius 2 is 1.74 bits per heavy atom. The zero-order valence-electron chi connectivity index (χ0n) is 18.1. The molecule has 2 aromatic carbocycles. The highest BCUT2D eigenvalue weighted by atomic mass is 16.2. The van der Waals surface area contributed by atoms with Crippen molar-refractivity contribution >= 4 is 23.6 Å². The molecule has 7 heteroatoms. The van der Waals surface area contributed by atoms with Crippen molar-refractivity contribution in [3.63, 3.8) is 0 Å². The topological polar surface area (TPSA) is 59.5 Å². The second-order valence-corrected chi connectivity index (χ2v) is 8.38. The number of likely N-dealkylation sites (N-methyl/N-ethyl adjacent to an activating group) is 2. The van der Waals surface area contributed by atoms with Crippen LogP contribution in [0.5, 0.6) is 0 Å². The Bertz CT molecular complexity index is 1140. The fourth-order valence-corrected chi connectivity index (χ4v) is 4.50. The van der Waals surface area contributed by atoms with Crippen LogP contribution in [0, 0.1) is 13.8 Å². The van der Waals surface area contributed by atoms with Gasteiger partial charge in [-0.25, -0.2) is 9.79 Å². The monoisotopic (exact) mass is 415 g/mol. The molecule has 0 bridgehead atoms.